The van der Waals surface area contributed by atoms with Crippen LogP contribution in [-0.4, -0.2) is 44.4 Å². The highest BCUT2D eigenvalue weighted by molar-refractivity contribution is 6.02. The van der Waals surface area contributed by atoms with Gasteiger partial charge in [-0.3, -0.25) is 9.48 Å². The zero-order valence-corrected chi connectivity index (χ0v) is 12.9. The van der Waals surface area contributed by atoms with Crippen LogP contribution in [0, 0.1) is 5.82 Å². The summed E-state index contributed by atoms with van der Waals surface area (Å²) in [7, 11) is 1.61. The minimum absolute atomic E-state index is 0.130. The highest BCUT2D eigenvalue weighted by Gasteiger charge is 2.13. The molecule has 0 unspecified atom stereocenters. The Morgan fingerprint density at radius 2 is 2.08 bits per heavy atom. The largest absolute Gasteiger partial charge is 0.383 e. The van der Waals surface area contributed by atoms with Crippen molar-refractivity contribution in [1.29, 1.82) is 0 Å². The molecule has 3 aromatic rings. The van der Waals surface area contributed by atoms with E-state index < -0.39 is 5.91 Å². The highest BCUT2D eigenvalue weighted by atomic mass is 19.1. The molecule has 0 fully saturated rings. The van der Waals surface area contributed by atoms with Gasteiger partial charge in [-0.05, 0) is 24.3 Å². The first-order valence-electron chi connectivity index (χ1n) is 7.18. The van der Waals surface area contributed by atoms with Crippen LogP contribution in [-0.2, 0) is 11.3 Å². The van der Waals surface area contributed by atoms with Crippen molar-refractivity contribution < 1.29 is 13.9 Å². The number of benzene rings is 1. The monoisotopic (exact) mass is 330 g/mol. The Hall–Kier alpha value is -3.07. The molecule has 0 aliphatic carbocycles. The summed E-state index contributed by atoms with van der Waals surface area (Å²) in [6.07, 6.45) is 3.20. The van der Waals surface area contributed by atoms with Gasteiger partial charge in [0.15, 0.2) is 11.5 Å². The third-order valence-electron chi connectivity index (χ3n) is 3.22. The van der Waals surface area contributed by atoms with Crippen LogP contribution in [0.4, 0.5) is 10.2 Å². The van der Waals surface area contributed by atoms with Crippen molar-refractivity contribution in [3.05, 3.63) is 54.2 Å². The van der Waals surface area contributed by atoms with E-state index in [4.69, 9.17) is 4.74 Å². The van der Waals surface area contributed by atoms with Gasteiger partial charge >= 0.3 is 0 Å². The molecule has 0 atom stereocenters. The maximum Gasteiger partial charge on any atom is 0.279 e. The molecule has 2 aromatic heterocycles. The molecule has 8 nitrogen and oxygen atoms in total. The Balaban J connectivity index is 1.67. The fraction of sp³-hybridized carbons (Fsp3) is 0.200. The van der Waals surface area contributed by atoms with Gasteiger partial charge in [-0.15, -0.1) is 5.10 Å². The molecule has 1 N–H and O–H groups in total. The fourth-order valence-electron chi connectivity index (χ4n) is 2.01. The van der Waals surface area contributed by atoms with Gasteiger partial charge in [-0.2, -0.15) is 5.10 Å². The van der Waals surface area contributed by atoms with Crippen molar-refractivity contribution in [2.45, 2.75) is 6.54 Å². The second-order valence-electron chi connectivity index (χ2n) is 4.94. The standard InChI is InChI=1S/C15H15FN6O2/c1-24-9-8-21-7-6-14(19-21)17-15(23)13-10-22(20-18-13)12-4-2-11(16)3-5-12/h2-7,10H,8-9H2,1H3,(H,17,19,23). The number of anilines is 1. The van der Waals surface area contributed by atoms with E-state index in [1.807, 2.05) is 0 Å². The maximum atomic E-state index is 12.9. The summed E-state index contributed by atoms with van der Waals surface area (Å²) < 4.78 is 21.0. The van der Waals surface area contributed by atoms with Crippen LogP contribution in [0.25, 0.3) is 5.69 Å². The van der Waals surface area contributed by atoms with Crippen LogP contribution in [0.5, 0.6) is 0 Å². The summed E-state index contributed by atoms with van der Waals surface area (Å²) in [5.74, 6) is -0.367. The van der Waals surface area contributed by atoms with Crippen LogP contribution in [0.15, 0.2) is 42.7 Å². The van der Waals surface area contributed by atoms with Crippen LogP contribution in [0.3, 0.4) is 0 Å². The number of hydrogen-bond acceptors (Lipinski definition) is 5. The van der Waals surface area contributed by atoms with E-state index in [9.17, 15) is 9.18 Å². The van der Waals surface area contributed by atoms with Crippen LogP contribution in [0.1, 0.15) is 10.5 Å². The molecule has 0 aliphatic heterocycles. The molecule has 0 radical (unpaired) electrons. The first-order chi connectivity index (χ1) is 11.7. The molecular formula is C15H15FN6O2. The lowest BCUT2D eigenvalue weighted by atomic mass is 10.3. The van der Waals surface area contributed by atoms with E-state index in [-0.39, 0.29) is 11.5 Å². The molecule has 124 valence electrons. The Morgan fingerprint density at radius 3 is 2.83 bits per heavy atom. The van der Waals surface area contributed by atoms with Gasteiger partial charge < -0.3 is 10.1 Å². The van der Waals surface area contributed by atoms with Gasteiger partial charge in [0.25, 0.3) is 5.91 Å². The van der Waals surface area contributed by atoms with Gasteiger partial charge in [0, 0.05) is 19.4 Å². The molecule has 1 aromatic carbocycles. The van der Waals surface area contributed by atoms with Gasteiger partial charge in [0.1, 0.15) is 5.82 Å². The summed E-state index contributed by atoms with van der Waals surface area (Å²) in [6, 6.07) is 7.39. The lowest BCUT2D eigenvalue weighted by molar-refractivity contribution is 0.102. The molecule has 9 heteroatoms. The predicted molar refractivity (Wildman–Crippen MR) is 83.4 cm³/mol. The average molecular weight is 330 g/mol. The predicted octanol–water partition coefficient (Wildman–Crippen LogP) is 1.50. The molecule has 2 heterocycles. The number of nitrogens with zero attached hydrogens (tertiary/aromatic N) is 5. The SMILES string of the molecule is COCCn1ccc(NC(=O)c2cn(-c3ccc(F)cc3)nn2)n1. The number of ether oxygens (including phenoxy) is 1. The molecule has 1 amide bonds. The van der Waals surface area contributed by atoms with Crippen molar-refractivity contribution in [2.24, 2.45) is 0 Å². The van der Waals surface area contributed by atoms with E-state index in [1.165, 1.54) is 23.0 Å². The topological polar surface area (TPSA) is 86.9 Å². The lowest BCUT2D eigenvalue weighted by Gasteiger charge is -2.00. The fourth-order valence-corrected chi connectivity index (χ4v) is 2.01. The quantitative estimate of drug-likeness (QED) is 0.740. The van der Waals surface area contributed by atoms with E-state index in [0.29, 0.717) is 24.7 Å². The summed E-state index contributed by atoms with van der Waals surface area (Å²) in [5, 5.41) is 14.5. The molecule has 0 saturated heterocycles. The summed E-state index contributed by atoms with van der Waals surface area (Å²) in [6.45, 7) is 1.12. The zero-order chi connectivity index (χ0) is 16.9. The molecule has 3 rings (SSSR count). The smallest absolute Gasteiger partial charge is 0.279 e. The minimum Gasteiger partial charge on any atom is -0.383 e. The number of amides is 1. The maximum absolute atomic E-state index is 12.9. The van der Waals surface area contributed by atoms with Crippen LogP contribution in [0.2, 0.25) is 0 Å². The number of hydrogen-bond donors (Lipinski definition) is 1. The molecule has 24 heavy (non-hydrogen) atoms. The van der Waals surface area contributed by atoms with Gasteiger partial charge in [0.2, 0.25) is 0 Å². The van der Waals surface area contributed by atoms with Gasteiger partial charge in [-0.25, -0.2) is 9.07 Å². The van der Waals surface area contributed by atoms with Crippen LogP contribution < -0.4 is 5.32 Å². The second-order valence-corrected chi connectivity index (χ2v) is 4.94. The Labute approximate surface area is 136 Å². The molecule has 0 bridgehead atoms. The van der Waals surface area contributed by atoms with E-state index in [2.05, 4.69) is 20.7 Å². The Morgan fingerprint density at radius 1 is 1.29 bits per heavy atom. The van der Waals surface area contributed by atoms with E-state index >= 15 is 0 Å². The van der Waals surface area contributed by atoms with Crippen molar-refractivity contribution >= 4 is 11.7 Å². The van der Waals surface area contributed by atoms with Crippen molar-refractivity contribution in [2.75, 3.05) is 19.0 Å². The summed E-state index contributed by atoms with van der Waals surface area (Å²) >= 11 is 0. The Kier molecular flexibility index (Phi) is 4.62. The number of rotatable bonds is 6. The summed E-state index contributed by atoms with van der Waals surface area (Å²) in [5.41, 5.74) is 0.734. The number of carbonyl (C=O) groups is 1. The van der Waals surface area contributed by atoms with Crippen molar-refractivity contribution in [1.82, 2.24) is 24.8 Å². The normalized spacial score (nSPS) is 10.8. The Bertz CT molecular complexity index is 827. The zero-order valence-electron chi connectivity index (χ0n) is 12.9. The first kappa shape index (κ1) is 15.8. The number of methoxy groups -OCH3 is 1. The average Bonchev–Trinajstić information content (AvgIpc) is 3.23. The number of carbonyl (C=O) groups excluding carboxylic acids is 1. The highest BCUT2D eigenvalue weighted by Crippen LogP contribution is 2.09. The lowest BCUT2D eigenvalue weighted by Crippen LogP contribution is -2.13. The molecule has 0 spiro atoms. The number of aromatic nitrogens is 5. The summed E-state index contributed by atoms with van der Waals surface area (Å²) in [4.78, 5) is 12.2. The third-order valence-corrected chi connectivity index (χ3v) is 3.22. The molecule has 0 saturated carbocycles. The van der Waals surface area contributed by atoms with E-state index in [1.54, 1.807) is 36.2 Å². The van der Waals surface area contributed by atoms with Crippen molar-refractivity contribution in [3.8, 4) is 5.69 Å². The van der Waals surface area contributed by atoms with E-state index in [0.717, 1.165) is 0 Å². The second kappa shape index (κ2) is 7.01. The molecule has 0 aliphatic rings. The van der Waals surface area contributed by atoms with Crippen molar-refractivity contribution in [3.63, 3.8) is 0 Å². The van der Waals surface area contributed by atoms with Gasteiger partial charge in [0.05, 0.1) is 25.0 Å². The molecular weight excluding hydrogens is 315 g/mol. The van der Waals surface area contributed by atoms with Gasteiger partial charge in [-0.1, -0.05) is 5.21 Å². The first-order valence-corrected chi connectivity index (χ1v) is 7.18. The van der Waals surface area contributed by atoms with Crippen LogP contribution >= 0.6 is 0 Å². The number of halogens is 1. The number of nitrogens with one attached hydrogen (secondary N) is 1. The minimum atomic E-state index is -0.430. The third kappa shape index (κ3) is 3.63.